The molecule has 0 aliphatic carbocycles. The maximum absolute atomic E-state index is 12.3. The van der Waals surface area contributed by atoms with Crippen molar-refractivity contribution in [2.45, 2.75) is 13.5 Å². The van der Waals surface area contributed by atoms with Crippen LogP contribution in [0.1, 0.15) is 16.7 Å². The minimum atomic E-state index is -0.906. The monoisotopic (exact) mass is 630 g/mol. The van der Waals surface area contributed by atoms with E-state index >= 15 is 0 Å². The number of nitrogens with zero attached hydrogens (tertiary/aromatic N) is 1. The minimum absolute atomic E-state index is 0.180. The fourth-order valence-electron chi connectivity index (χ4n) is 3.23. The highest BCUT2D eigenvalue weighted by Gasteiger charge is 2.15. The van der Waals surface area contributed by atoms with Crippen molar-refractivity contribution < 1.29 is 28.6 Å². The molecule has 10 nitrogen and oxygen atoms in total. The van der Waals surface area contributed by atoms with Crippen LogP contribution >= 0.6 is 22.6 Å². The zero-order chi connectivity index (χ0) is 27.5. The van der Waals surface area contributed by atoms with Gasteiger partial charge < -0.3 is 24.8 Å². The number of nitrogens with one attached hydrogen (secondary N) is 3. The van der Waals surface area contributed by atoms with Gasteiger partial charge in [0, 0.05) is 12.2 Å². The van der Waals surface area contributed by atoms with Gasteiger partial charge in [0.1, 0.15) is 5.75 Å². The number of hydrazone groups is 1. The molecule has 0 radical (unpaired) electrons. The SMILES string of the molecule is COc1ccc(CNC(=O)C(=O)N/N=C\c2cc(I)c(OCC(=O)Nc3cccc(C)c3)c(OC)c2)cc1. The average Bonchev–Trinajstić information content (AvgIpc) is 2.91. The van der Waals surface area contributed by atoms with Crippen LogP contribution in [-0.4, -0.2) is 44.8 Å². The summed E-state index contributed by atoms with van der Waals surface area (Å²) in [5, 5.41) is 9.16. The Bertz CT molecular complexity index is 1330. The number of rotatable bonds is 10. The fraction of sp³-hybridized carbons (Fsp3) is 0.185. The molecule has 3 N–H and O–H groups in total. The predicted octanol–water partition coefficient (Wildman–Crippen LogP) is 3.40. The summed E-state index contributed by atoms with van der Waals surface area (Å²) < 4.78 is 16.9. The van der Waals surface area contributed by atoms with E-state index in [4.69, 9.17) is 14.2 Å². The van der Waals surface area contributed by atoms with Crippen molar-refractivity contribution in [2.24, 2.45) is 5.10 Å². The molecule has 3 aromatic rings. The topological polar surface area (TPSA) is 127 Å². The van der Waals surface area contributed by atoms with E-state index in [9.17, 15) is 14.4 Å². The summed E-state index contributed by atoms with van der Waals surface area (Å²) in [4.78, 5) is 36.4. The summed E-state index contributed by atoms with van der Waals surface area (Å²) in [6.07, 6.45) is 1.37. The summed E-state index contributed by atoms with van der Waals surface area (Å²) in [5.74, 6) is -0.570. The number of hydrogen-bond acceptors (Lipinski definition) is 7. The first-order valence-electron chi connectivity index (χ1n) is 11.4. The molecular formula is C27H27IN4O6. The van der Waals surface area contributed by atoms with Crippen molar-refractivity contribution in [1.82, 2.24) is 10.7 Å². The first-order valence-corrected chi connectivity index (χ1v) is 12.5. The molecule has 0 atom stereocenters. The molecule has 198 valence electrons. The average molecular weight is 630 g/mol. The highest BCUT2D eigenvalue weighted by Crippen LogP contribution is 2.33. The number of carbonyl (C=O) groups excluding carboxylic acids is 3. The zero-order valence-corrected chi connectivity index (χ0v) is 23.2. The molecule has 0 saturated heterocycles. The largest absolute Gasteiger partial charge is 0.497 e. The molecule has 38 heavy (non-hydrogen) atoms. The van der Waals surface area contributed by atoms with Crippen LogP contribution in [0.2, 0.25) is 0 Å². The lowest BCUT2D eigenvalue weighted by atomic mass is 10.2. The predicted molar refractivity (Wildman–Crippen MR) is 152 cm³/mol. The first-order chi connectivity index (χ1) is 18.3. The normalized spacial score (nSPS) is 10.5. The number of amides is 3. The molecular weight excluding hydrogens is 603 g/mol. The Labute approximate surface area is 233 Å². The molecule has 3 amide bonds. The minimum Gasteiger partial charge on any atom is -0.497 e. The second-order valence-corrected chi connectivity index (χ2v) is 9.13. The van der Waals surface area contributed by atoms with Crippen molar-refractivity contribution in [1.29, 1.82) is 0 Å². The molecule has 3 aromatic carbocycles. The lowest BCUT2D eigenvalue weighted by molar-refractivity contribution is -0.139. The van der Waals surface area contributed by atoms with E-state index in [-0.39, 0.29) is 19.1 Å². The number of halogens is 1. The first kappa shape index (κ1) is 28.4. The number of carbonyl (C=O) groups is 3. The van der Waals surface area contributed by atoms with Gasteiger partial charge in [0.05, 0.1) is 24.0 Å². The van der Waals surface area contributed by atoms with E-state index in [1.165, 1.54) is 13.3 Å². The molecule has 0 aliphatic rings. The van der Waals surface area contributed by atoms with Gasteiger partial charge in [-0.15, -0.1) is 0 Å². The third-order valence-electron chi connectivity index (χ3n) is 5.10. The molecule has 0 spiro atoms. The second-order valence-electron chi connectivity index (χ2n) is 7.97. The zero-order valence-electron chi connectivity index (χ0n) is 21.0. The maximum Gasteiger partial charge on any atom is 0.329 e. The van der Waals surface area contributed by atoms with E-state index in [0.717, 1.165) is 11.1 Å². The summed E-state index contributed by atoms with van der Waals surface area (Å²) in [6, 6.07) is 17.9. The van der Waals surface area contributed by atoms with Gasteiger partial charge in [-0.3, -0.25) is 14.4 Å². The van der Waals surface area contributed by atoms with E-state index in [0.29, 0.717) is 32.1 Å². The Morgan fingerprint density at radius 3 is 2.42 bits per heavy atom. The lowest BCUT2D eigenvalue weighted by Gasteiger charge is -2.13. The standard InChI is InChI=1S/C27H27IN4O6/c1-17-5-4-6-20(11-17)31-24(33)16-38-25-22(28)12-19(13-23(25)37-3)15-30-32-27(35)26(34)29-14-18-7-9-21(36-2)10-8-18/h4-13,15H,14,16H2,1-3H3,(H,29,34)(H,31,33)(H,32,35)/b30-15-. The number of hydrogen-bond donors (Lipinski definition) is 3. The third-order valence-corrected chi connectivity index (χ3v) is 5.90. The van der Waals surface area contributed by atoms with Gasteiger partial charge in [-0.1, -0.05) is 24.3 Å². The summed E-state index contributed by atoms with van der Waals surface area (Å²) in [6.45, 7) is 1.91. The second kappa shape index (κ2) is 14.0. The van der Waals surface area contributed by atoms with Crippen molar-refractivity contribution >= 4 is 52.2 Å². The molecule has 0 saturated carbocycles. The molecule has 11 heteroatoms. The van der Waals surface area contributed by atoms with Crippen LogP contribution in [0.15, 0.2) is 65.8 Å². The number of ether oxygens (including phenoxy) is 3. The van der Waals surface area contributed by atoms with E-state index in [1.807, 2.05) is 47.7 Å². The Morgan fingerprint density at radius 1 is 0.974 bits per heavy atom. The summed E-state index contributed by atoms with van der Waals surface area (Å²) in [7, 11) is 3.04. The smallest absolute Gasteiger partial charge is 0.329 e. The van der Waals surface area contributed by atoms with Crippen LogP contribution in [0.25, 0.3) is 0 Å². The van der Waals surface area contributed by atoms with E-state index in [2.05, 4.69) is 21.2 Å². The van der Waals surface area contributed by atoms with Crippen molar-refractivity contribution in [2.75, 3.05) is 26.1 Å². The van der Waals surface area contributed by atoms with Crippen LogP contribution in [0.5, 0.6) is 17.2 Å². The highest BCUT2D eigenvalue weighted by molar-refractivity contribution is 14.1. The van der Waals surface area contributed by atoms with Gasteiger partial charge in [-0.05, 0) is 82.6 Å². The van der Waals surface area contributed by atoms with Crippen LogP contribution in [0, 0.1) is 10.5 Å². The number of anilines is 1. The summed E-state index contributed by atoms with van der Waals surface area (Å²) in [5.41, 5.74) is 5.31. The van der Waals surface area contributed by atoms with Crippen LogP contribution < -0.4 is 30.3 Å². The third kappa shape index (κ3) is 8.47. The Hall–Kier alpha value is -4.13. The van der Waals surface area contributed by atoms with Gasteiger partial charge in [0.2, 0.25) is 0 Å². The van der Waals surface area contributed by atoms with E-state index < -0.39 is 11.8 Å². The highest BCUT2D eigenvalue weighted by atomic mass is 127. The fourth-order valence-corrected chi connectivity index (χ4v) is 4.02. The molecule has 0 aliphatic heterocycles. The van der Waals surface area contributed by atoms with Crippen molar-refractivity contribution in [3.8, 4) is 17.2 Å². The molecule has 3 rings (SSSR count). The van der Waals surface area contributed by atoms with Crippen LogP contribution in [0.3, 0.4) is 0 Å². The number of aryl methyl sites for hydroxylation is 1. The van der Waals surface area contributed by atoms with Crippen LogP contribution in [0.4, 0.5) is 5.69 Å². The Balaban J connectivity index is 1.53. The summed E-state index contributed by atoms with van der Waals surface area (Å²) >= 11 is 2.05. The van der Waals surface area contributed by atoms with E-state index in [1.54, 1.807) is 49.6 Å². The molecule has 0 fully saturated rings. The number of benzene rings is 3. The molecule has 0 bridgehead atoms. The van der Waals surface area contributed by atoms with Gasteiger partial charge in [-0.25, -0.2) is 5.43 Å². The van der Waals surface area contributed by atoms with Crippen molar-refractivity contribution in [3.63, 3.8) is 0 Å². The lowest BCUT2D eigenvalue weighted by Crippen LogP contribution is -2.37. The quantitative estimate of drug-likeness (QED) is 0.137. The van der Waals surface area contributed by atoms with Crippen molar-refractivity contribution in [3.05, 3.63) is 80.9 Å². The maximum atomic E-state index is 12.3. The Morgan fingerprint density at radius 2 is 1.74 bits per heavy atom. The number of methoxy groups -OCH3 is 2. The molecule has 0 unspecified atom stereocenters. The molecule has 0 heterocycles. The Kier molecular flexibility index (Phi) is 10.5. The van der Waals surface area contributed by atoms with Gasteiger partial charge >= 0.3 is 11.8 Å². The van der Waals surface area contributed by atoms with Gasteiger partial charge in [0.25, 0.3) is 5.91 Å². The molecule has 0 aromatic heterocycles. The van der Waals surface area contributed by atoms with Gasteiger partial charge in [0.15, 0.2) is 18.1 Å². The van der Waals surface area contributed by atoms with Crippen LogP contribution in [-0.2, 0) is 20.9 Å². The van der Waals surface area contributed by atoms with Gasteiger partial charge in [-0.2, -0.15) is 5.10 Å².